The topological polar surface area (TPSA) is 92.6 Å². The highest BCUT2D eigenvalue weighted by atomic mass is 16.4. The second kappa shape index (κ2) is 5.38. The Balaban J connectivity index is 2.17. The Morgan fingerprint density at radius 2 is 2.32 bits per heavy atom. The van der Waals surface area contributed by atoms with Gasteiger partial charge in [-0.3, -0.25) is 4.68 Å². The van der Waals surface area contributed by atoms with E-state index in [-0.39, 0.29) is 5.84 Å². The Morgan fingerprint density at radius 3 is 2.95 bits per heavy atom. The van der Waals surface area contributed by atoms with Crippen molar-refractivity contribution in [2.24, 2.45) is 17.9 Å². The van der Waals surface area contributed by atoms with Gasteiger partial charge in [-0.2, -0.15) is 0 Å². The van der Waals surface area contributed by atoms with Gasteiger partial charge in [0.2, 0.25) is 0 Å². The van der Waals surface area contributed by atoms with Gasteiger partial charge in [-0.25, -0.2) is 0 Å². The third kappa shape index (κ3) is 3.01. The minimum atomic E-state index is 0.0924. The Bertz CT molecular complexity index is 591. The van der Waals surface area contributed by atoms with Gasteiger partial charge in [-0.15, -0.1) is 5.10 Å². The molecule has 0 aliphatic heterocycles. The standard InChI is InChI=1S/C12H16N6O/c1-17(7-10-8-18(2)16-14-10)11-5-3-4-9(6-11)12(13)15-19/h3-6,8,19H,7H2,1-2H3,(H2,13,15). The predicted octanol–water partition coefficient (Wildman–Crippen LogP) is 0.546. The Hall–Kier alpha value is -2.57. The number of anilines is 1. The molecule has 2 rings (SSSR count). The van der Waals surface area contributed by atoms with Crippen LogP contribution in [-0.2, 0) is 13.6 Å². The molecule has 0 atom stereocenters. The van der Waals surface area contributed by atoms with Crippen molar-refractivity contribution < 1.29 is 5.21 Å². The Morgan fingerprint density at radius 1 is 1.53 bits per heavy atom. The smallest absolute Gasteiger partial charge is 0.170 e. The van der Waals surface area contributed by atoms with Crippen LogP contribution in [0.4, 0.5) is 5.69 Å². The van der Waals surface area contributed by atoms with E-state index in [2.05, 4.69) is 15.5 Å². The number of hydrogen-bond acceptors (Lipinski definition) is 5. The molecule has 1 aromatic heterocycles. The number of nitrogens with zero attached hydrogens (tertiary/aromatic N) is 5. The lowest BCUT2D eigenvalue weighted by Gasteiger charge is -2.18. The molecule has 0 fully saturated rings. The first-order chi connectivity index (χ1) is 9.10. The van der Waals surface area contributed by atoms with Gasteiger partial charge in [0.15, 0.2) is 5.84 Å². The van der Waals surface area contributed by atoms with Gasteiger partial charge in [0.1, 0.15) is 5.69 Å². The molecule has 3 N–H and O–H groups in total. The van der Waals surface area contributed by atoms with Crippen molar-refractivity contribution in [3.8, 4) is 0 Å². The first kappa shape index (κ1) is 12.9. The van der Waals surface area contributed by atoms with Crippen molar-refractivity contribution >= 4 is 11.5 Å². The number of rotatable bonds is 4. The summed E-state index contributed by atoms with van der Waals surface area (Å²) in [6.07, 6.45) is 1.86. The molecule has 0 amide bonds. The van der Waals surface area contributed by atoms with Crippen molar-refractivity contribution in [2.45, 2.75) is 6.54 Å². The molecule has 2 aromatic rings. The SMILES string of the molecule is CN(Cc1cn(C)nn1)c1cccc(/C(N)=N/O)c1. The molecular formula is C12H16N6O. The number of nitrogens with two attached hydrogens (primary N) is 1. The molecule has 0 spiro atoms. The number of aryl methyl sites for hydroxylation is 1. The largest absolute Gasteiger partial charge is 0.409 e. The molecule has 0 bridgehead atoms. The van der Waals surface area contributed by atoms with Gasteiger partial charge in [-0.1, -0.05) is 22.5 Å². The molecule has 0 saturated carbocycles. The molecule has 0 aliphatic carbocycles. The van der Waals surface area contributed by atoms with E-state index < -0.39 is 0 Å². The highest BCUT2D eigenvalue weighted by Crippen LogP contribution is 2.16. The van der Waals surface area contributed by atoms with E-state index in [0.717, 1.165) is 11.4 Å². The lowest BCUT2D eigenvalue weighted by atomic mass is 10.1. The quantitative estimate of drug-likeness (QED) is 0.362. The fraction of sp³-hybridized carbons (Fsp3) is 0.250. The predicted molar refractivity (Wildman–Crippen MR) is 72.1 cm³/mol. The molecule has 19 heavy (non-hydrogen) atoms. The van der Waals surface area contributed by atoms with E-state index in [1.165, 1.54) is 0 Å². The zero-order chi connectivity index (χ0) is 13.8. The molecule has 1 heterocycles. The molecule has 0 radical (unpaired) electrons. The maximum absolute atomic E-state index is 8.68. The summed E-state index contributed by atoms with van der Waals surface area (Å²) >= 11 is 0. The highest BCUT2D eigenvalue weighted by molar-refractivity contribution is 5.97. The van der Waals surface area contributed by atoms with E-state index in [4.69, 9.17) is 10.9 Å². The van der Waals surface area contributed by atoms with Crippen LogP contribution >= 0.6 is 0 Å². The van der Waals surface area contributed by atoms with Crippen LogP contribution in [0, 0.1) is 0 Å². The second-order valence-electron chi connectivity index (χ2n) is 4.28. The summed E-state index contributed by atoms with van der Waals surface area (Å²) in [6, 6.07) is 7.44. The zero-order valence-electron chi connectivity index (χ0n) is 10.9. The normalized spacial score (nSPS) is 11.6. The van der Waals surface area contributed by atoms with Crippen LogP contribution in [0.25, 0.3) is 0 Å². The van der Waals surface area contributed by atoms with Gasteiger partial charge in [0.05, 0.1) is 6.54 Å². The number of amidine groups is 1. The third-order valence-electron chi connectivity index (χ3n) is 2.74. The number of oxime groups is 1. The molecule has 7 heteroatoms. The maximum Gasteiger partial charge on any atom is 0.170 e. The van der Waals surface area contributed by atoms with Gasteiger partial charge < -0.3 is 15.8 Å². The van der Waals surface area contributed by atoms with Crippen molar-refractivity contribution in [1.82, 2.24) is 15.0 Å². The fourth-order valence-corrected chi connectivity index (χ4v) is 1.76. The van der Waals surface area contributed by atoms with Crippen LogP contribution in [-0.4, -0.2) is 33.1 Å². The molecule has 100 valence electrons. The third-order valence-corrected chi connectivity index (χ3v) is 2.74. The second-order valence-corrected chi connectivity index (χ2v) is 4.28. The lowest BCUT2D eigenvalue weighted by Crippen LogP contribution is -2.18. The van der Waals surface area contributed by atoms with Gasteiger partial charge in [0, 0.05) is 31.5 Å². The number of benzene rings is 1. The summed E-state index contributed by atoms with van der Waals surface area (Å²) in [5, 5.41) is 19.6. The van der Waals surface area contributed by atoms with Crippen LogP contribution in [0.3, 0.4) is 0 Å². The minimum Gasteiger partial charge on any atom is -0.409 e. The van der Waals surface area contributed by atoms with E-state index in [0.29, 0.717) is 12.1 Å². The maximum atomic E-state index is 8.68. The summed E-state index contributed by atoms with van der Waals surface area (Å²) in [6.45, 7) is 0.632. The van der Waals surface area contributed by atoms with Crippen LogP contribution in [0.15, 0.2) is 35.6 Å². The summed E-state index contributed by atoms with van der Waals surface area (Å²) in [5.41, 5.74) is 8.07. The van der Waals surface area contributed by atoms with E-state index in [1.54, 1.807) is 10.7 Å². The average Bonchev–Trinajstić information content (AvgIpc) is 2.83. The Labute approximate surface area is 110 Å². The molecule has 7 nitrogen and oxygen atoms in total. The van der Waals surface area contributed by atoms with Crippen molar-refractivity contribution in [1.29, 1.82) is 0 Å². The number of aromatic nitrogens is 3. The molecule has 0 saturated heterocycles. The van der Waals surface area contributed by atoms with E-state index >= 15 is 0 Å². The summed E-state index contributed by atoms with van der Waals surface area (Å²) in [7, 11) is 3.77. The van der Waals surface area contributed by atoms with E-state index in [1.807, 2.05) is 43.4 Å². The monoisotopic (exact) mass is 260 g/mol. The van der Waals surface area contributed by atoms with Crippen molar-refractivity contribution in [3.05, 3.63) is 41.7 Å². The molecule has 0 unspecified atom stereocenters. The van der Waals surface area contributed by atoms with Crippen LogP contribution in [0.5, 0.6) is 0 Å². The highest BCUT2D eigenvalue weighted by Gasteiger charge is 2.07. The van der Waals surface area contributed by atoms with Crippen LogP contribution < -0.4 is 10.6 Å². The van der Waals surface area contributed by atoms with Crippen LogP contribution in [0.1, 0.15) is 11.3 Å². The molecule has 1 aromatic carbocycles. The molecule has 0 aliphatic rings. The van der Waals surface area contributed by atoms with E-state index in [9.17, 15) is 0 Å². The van der Waals surface area contributed by atoms with Crippen molar-refractivity contribution in [3.63, 3.8) is 0 Å². The summed E-state index contributed by atoms with van der Waals surface area (Å²) in [5.74, 6) is 0.0924. The Kier molecular flexibility index (Phi) is 3.65. The van der Waals surface area contributed by atoms with Gasteiger partial charge in [-0.05, 0) is 12.1 Å². The van der Waals surface area contributed by atoms with Crippen LogP contribution in [0.2, 0.25) is 0 Å². The lowest BCUT2D eigenvalue weighted by molar-refractivity contribution is 0.318. The first-order valence-electron chi connectivity index (χ1n) is 5.74. The summed E-state index contributed by atoms with van der Waals surface area (Å²) in [4.78, 5) is 2.01. The summed E-state index contributed by atoms with van der Waals surface area (Å²) < 4.78 is 1.66. The number of hydrogen-bond donors (Lipinski definition) is 2. The minimum absolute atomic E-state index is 0.0924. The van der Waals surface area contributed by atoms with Gasteiger partial charge in [0.25, 0.3) is 0 Å². The van der Waals surface area contributed by atoms with Crippen molar-refractivity contribution in [2.75, 3.05) is 11.9 Å². The fourth-order valence-electron chi connectivity index (χ4n) is 1.76. The average molecular weight is 260 g/mol. The first-order valence-corrected chi connectivity index (χ1v) is 5.74. The zero-order valence-corrected chi connectivity index (χ0v) is 10.9. The van der Waals surface area contributed by atoms with Gasteiger partial charge >= 0.3 is 0 Å². The molecular weight excluding hydrogens is 244 g/mol.